The second-order valence-corrected chi connectivity index (χ2v) is 5.77. The van der Waals surface area contributed by atoms with Gasteiger partial charge >= 0.3 is 6.18 Å². The molecule has 2 saturated carbocycles. The smallest absolute Gasteiger partial charge is 0.422 e. The van der Waals surface area contributed by atoms with Crippen LogP contribution in [0.15, 0.2) is 24.3 Å². The van der Waals surface area contributed by atoms with Crippen LogP contribution >= 0.6 is 0 Å². The van der Waals surface area contributed by atoms with Crippen molar-refractivity contribution in [1.29, 1.82) is 0 Å². The number of anilines is 1. The van der Waals surface area contributed by atoms with E-state index in [-0.39, 0.29) is 5.75 Å². The maximum atomic E-state index is 12.0. The molecule has 0 radical (unpaired) electrons. The highest BCUT2D eigenvalue weighted by Crippen LogP contribution is 2.45. The van der Waals surface area contributed by atoms with Crippen LogP contribution in [0.4, 0.5) is 18.9 Å². The van der Waals surface area contributed by atoms with Crippen LogP contribution in [-0.2, 0) is 0 Å². The summed E-state index contributed by atoms with van der Waals surface area (Å²) in [7, 11) is 0. The molecule has 2 nitrogen and oxygen atoms in total. The van der Waals surface area contributed by atoms with Gasteiger partial charge < -0.3 is 10.1 Å². The van der Waals surface area contributed by atoms with Crippen molar-refractivity contribution < 1.29 is 17.9 Å². The third-order valence-corrected chi connectivity index (χ3v) is 3.85. The Morgan fingerprint density at radius 3 is 2.05 bits per heavy atom. The second-order valence-electron chi connectivity index (χ2n) is 5.77. The fourth-order valence-electron chi connectivity index (χ4n) is 2.54. The summed E-state index contributed by atoms with van der Waals surface area (Å²) in [5.41, 5.74) is 0.966. The van der Waals surface area contributed by atoms with Crippen molar-refractivity contribution >= 4 is 5.69 Å². The highest BCUT2D eigenvalue weighted by atomic mass is 19.4. The lowest BCUT2D eigenvalue weighted by atomic mass is 10.1. The molecule has 1 N–H and O–H groups in total. The first kappa shape index (κ1) is 13.6. The van der Waals surface area contributed by atoms with E-state index < -0.39 is 12.8 Å². The van der Waals surface area contributed by atoms with E-state index in [1.54, 1.807) is 24.3 Å². The Hall–Kier alpha value is -1.39. The minimum Gasteiger partial charge on any atom is -0.484 e. The van der Waals surface area contributed by atoms with Crippen molar-refractivity contribution in [1.82, 2.24) is 0 Å². The van der Waals surface area contributed by atoms with E-state index in [9.17, 15) is 13.2 Å². The molecule has 2 fully saturated rings. The SMILES string of the molecule is FC(F)(F)COc1ccc(NC(C2CC2)C2CC2)cc1. The maximum Gasteiger partial charge on any atom is 0.422 e. The van der Waals surface area contributed by atoms with Gasteiger partial charge in [-0.2, -0.15) is 13.2 Å². The quantitative estimate of drug-likeness (QED) is 0.844. The number of benzene rings is 1. The van der Waals surface area contributed by atoms with Gasteiger partial charge in [0.25, 0.3) is 0 Å². The van der Waals surface area contributed by atoms with Gasteiger partial charge in [0.05, 0.1) is 0 Å². The molecule has 0 unspecified atom stereocenters. The Bertz CT molecular complexity index is 437. The summed E-state index contributed by atoms with van der Waals surface area (Å²) in [6.07, 6.45) is 0.879. The van der Waals surface area contributed by atoms with Gasteiger partial charge in [0, 0.05) is 11.7 Å². The number of rotatable bonds is 6. The first-order valence-corrected chi connectivity index (χ1v) is 7.07. The lowest BCUT2D eigenvalue weighted by Crippen LogP contribution is -2.24. The molecular weight excluding hydrogens is 267 g/mol. The van der Waals surface area contributed by atoms with Crippen LogP contribution in [0, 0.1) is 11.8 Å². The van der Waals surface area contributed by atoms with E-state index in [0.29, 0.717) is 6.04 Å². The number of halogens is 3. The van der Waals surface area contributed by atoms with E-state index in [0.717, 1.165) is 17.5 Å². The summed E-state index contributed by atoms with van der Waals surface area (Å²) in [6, 6.07) is 7.31. The second kappa shape index (κ2) is 5.19. The van der Waals surface area contributed by atoms with E-state index in [1.807, 2.05) is 0 Å². The fraction of sp³-hybridized carbons (Fsp3) is 0.600. The standard InChI is InChI=1S/C15H18F3NO/c16-15(17,18)9-20-13-7-5-12(6-8-13)19-14(10-1-2-10)11-3-4-11/h5-8,10-11,14,19H,1-4,9H2. The molecule has 5 heteroatoms. The first-order chi connectivity index (χ1) is 9.51. The molecule has 0 bridgehead atoms. The van der Waals surface area contributed by atoms with Crippen LogP contribution in [-0.4, -0.2) is 18.8 Å². The Balaban J connectivity index is 1.55. The molecule has 110 valence electrons. The third-order valence-electron chi connectivity index (χ3n) is 3.85. The molecule has 0 spiro atoms. The number of hydrogen-bond donors (Lipinski definition) is 1. The minimum atomic E-state index is -4.29. The van der Waals surface area contributed by atoms with Crippen molar-refractivity contribution in [3.05, 3.63) is 24.3 Å². The molecule has 3 rings (SSSR count). The van der Waals surface area contributed by atoms with Crippen LogP contribution in [0.2, 0.25) is 0 Å². The number of hydrogen-bond acceptors (Lipinski definition) is 2. The largest absolute Gasteiger partial charge is 0.484 e. The van der Waals surface area contributed by atoms with Crippen molar-refractivity contribution in [2.24, 2.45) is 11.8 Å². The molecule has 2 aliphatic carbocycles. The molecule has 0 aromatic heterocycles. The summed E-state index contributed by atoms with van der Waals surface area (Å²) < 4.78 is 40.8. The Labute approximate surface area is 116 Å². The van der Waals surface area contributed by atoms with Crippen LogP contribution in [0.5, 0.6) is 5.75 Å². The molecule has 0 aliphatic heterocycles. The first-order valence-electron chi connectivity index (χ1n) is 7.07. The maximum absolute atomic E-state index is 12.0. The van der Waals surface area contributed by atoms with E-state index in [2.05, 4.69) is 5.32 Å². The highest BCUT2D eigenvalue weighted by molar-refractivity contribution is 5.47. The van der Waals surface area contributed by atoms with Crippen LogP contribution in [0.3, 0.4) is 0 Å². The fourth-order valence-corrected chi connectivity index (χ4v) is 2.54. The Kier molecular flexibility index (Phi) is 3.52. The Morgan fingerprint density at radius 2 is 1.60 bits per heavy atom. The normalized spacial score (nSPS) is 19.2. The van der Waals surface area contributed by atoms with Crippen LogP contribution in [0.25, 0.3) is 0 Å². The van der Waals surface area contributed by atoms with Crippen molar-refractivity contribution in [2.45, 2.75) is 37.9 Å². The molecule has 0 saturated heterocycles. The van der Waals surface area contributed by atoms with E-state index in [1.165, 1.54) is 25.7 Å². The van der Waals surface area contributed by atoms with Gasteiger partial charge in [-0.3, -0.25) is 0 Å². The van der Waals surface area contributed by atoms with Gasteiger partial charge in [0.1, 0.15) is 5.75 Å². The summed E-state index contributed by atoms with van der Waals surface area (Å²) in [5.74, 6) is 1.81. The third kappa shape index (κ3) is 3.81. The lowest BCUT2D eigenvalue weighted by molar-refractivity contribution is -0.153. The van der Waals surface area contributed by atoms with Crippen LogP contribution in [0.1, 0.15) is 25.7 Å². The van der Waals surface area contributed by atoms with Gasteiger partial charge in [-0.05, 0) is 61.8 Å². The van der Waals surface area contributed by atoms with Gasteiger partial charge in [-0.25, -0.2) is 0 Å². The topological polar surface area (TPSA) is 21.3 Å². The highest BCUT2D eigenvalue weighted by Gasteiger charge is 2.41. The Morgan fingerprint density at radius 1 is 1.05 bits per heavy atom. The van der Waals surface area contributed by atoms with Crippen molar-refractivity contribution in [3.8, 4) is 5.75 Å². The predicted molar refractivity (Wildman–Crippen MR) is 70.9 cm³/mol. The lowest BCUT2D eigenvalue weighted by Gasteiger charge is -2.19. The number of ether oxygens (including phenoxy) is 1. The summed E-state index contributed by atoms with van der Waals surface area (Å²) in [4.78, 5) is 0. The number of alkyl halides is 3. The predicted octanol–water partition coefficient (Wildman–Crippen LogP) is 4.23. The van der Waals surface area contributed by atoms with E-state index >= 15 is 0 Å². The van der Waals surface area contributed by atoms with Gasteiger partial charge in [0.15, 0.2) is 6.61 Å². The summed E-state index contributed by atoms with van der Waals surface area (Å²) >= 11 is 0. The van der Waals surface area contributed by atoms with Crippen molar-refractivity contribution in [2.75, 3.05) is 11.9 Å². The van der Waals surface area contributed by atoms with Gasteiger partial charge in [0.2, 0.25) is 0 Å². The molecule has 0 heterocycles. The molecular formula is C15H18F3NO. The van der Waals surface area contributed by atoms with Gasteiger partial charge in [-0.1, -0.05) is 0 Å². The zero-order valence-electron chi connectivity index (χ0n) is 11.1. The van der Waals surface area contributed by atoms with Gasteiger partial charge in [-0.15, -0.1) is 0 Å². The minimum absolute atomic E-state index is 0.252. The van der Waals surface area contributed by atoms with Crippen LogP contribution < -0.4 is 10.1 Å². The molecule has 0 atom stereocenters. The number of nitrogens with one attached hydrogen (secondary N) is 1. The summed E-state index contributed by atoms with van der Waals surface area (Å²) in [6.45, 7) is -1.24. The molecule has 0 amide bonds. The average molecular weight is 285 g/mol. The molecule has 20 heavy (non-hydrogen) atoms. The summed E-state index contributed by atoms with van der Waals surface area (Å²) in [5, 5.41) is 3.52. The monoisotopic (exact) mass is 285 g/mol. The van der Waals surface area contributed by atoms with E-state index in [4.69, 9.17) is 4.74 Å². The zero-order chi connectivity index (χ0) is 14.2. The zero-order valence-corrected chi connectivity index (χ0v) is 11.1. The molecule has 2 aliphatic rings. The average Bonchev–Trinajstić information content (AvgIpc) is 3.27. The molecule has 1 aromatic rings. The van der Waals surface area contributed by atoms with Crippen molar-refractivity contribution in [3.63, 3.8) is 0 Å². The molecule has 1 aromatic carbocycles.